The molecule has 0 aromatic heterocycles. The molecule has 7 heteroatoms. The largest absolute Gasteiger partial charge is 0.497 e. The van der Waals surface area contributed by atoms with Crippen molar-refractivity contribution in [3.05, 3.63) is 95.2 Å². The molecule has 0 fully saturated rings. The number of rotatable bonds is 5. The smallest absolute Gasteiger partial charge is 0.282 e. The minimum Gasteiger partial charge on any atom is -0.497 e. The molecule has 156 valence electrons. The minimum absolute atomic E-state index is 0.00416. The molecule has 1 heterocycles. The van der Waals surface area contributed by atoms with Crippen molar-refractivity contribution >= 4 is 28.8 Å². The molecule has 2 amide bonds. The number of nitrogens with one attached hydrogen (secondary N) is 1. The number of imide groups is 1. The summed E-state index contributed by atoms with van der Waals surface area (Å²) in [6.45, 7) is 1.89. The SMILES string of the molecule is COc1ccc(C2=C(Nc3cccc(C)c3)C(=O)N(c3ccc(F)cc3F)C2=O)cc1. The number of carbonyl (C=O) groups excluding carboxylic acids is 2. The Labute approximate surface area is 177 Å². The highest BCUT2D eigenvalue weighted by atomic mass is 19.1. The molecule has 0 saturated carbocycles. The summed E-state index contributed by atoms with van der Waals surface area (Å²) in [6.07, 6.45) is 0. The van der Waals surface area contributed by atoms with Crippen LogP contribution in [0.4, 0.5) is 20.2 Å². The van der Waals surface area contributed by atoms with Crippen LogP contribution in [0.25, 0.3) is 5.57 Å². The van der Waals surface area contributed by atoms with Crippen molar-refractivity contribution in [1.29, 1.82) is 0 Å². The molecule has 0 aliphatic carbocycles. The first-order valence-electron chi connectivity index (χ1n) is 9.45. The highest BCUT2D eigenvalue weighted by Gasteiger charge is 2.41. The molecule has 0 spiro atoms. The predicted molar refractivity (Wildman–Crippen MR) is 114 cm³/mol. The van der Waals surface area contributed by atoms with Crippen LogP contribution in [0, 0.1) is 18.6 Å². The van der Waals surface area contributed by atoms with E-state index in [1.807, 2.05) is 25.1 Å². The maximum atomic E-state index is 14.4. The fraction of sp³-hybridized carbons (Fsp3) is 0.0833. The summed E-state index contributed by atoms with van der Waals surface area (Å²) in [5.41, 5.74) is 1.78. The number of anilines is 2. The molecule has 0 radical (unpaired) electrons. The van der Waals surface area contributed by atoms with Crippen molar-refractivity contribution in [3.63, 3.8) is 0 Å². The maximum Gasteiger partial charge on any atom is 0.282 e. The lowest BCUT2D eigenvalue weighted by Gasteiger charge is -2.16. The Hall–Kier alpha value is -4.00. The van der Waals surface area contributed by atoms with Gasteiger partial charge in [0.2, 0.25) is 0 Å². The van der Waals surface area contributed by atoms with Crippen molar-refractivity contribution in [1.82, 2.24) is 0 Å². The zero-order chi connectivity index (χ0) is 22.1. The highest BCUT2D eigenvalue weighted by molar-refractivity contribution is 6.46. The summed E-state index contributed by atoms with van der Waals surface area (Å²) in [5, 5.41) is 3.01. The standard InChI is InChI=1S/C24H18F2N2O3/c1-14-4-3-5-17(12-14)27-22-21(15-6-9-18(31-2)10-7-15)23(29)28(24(22)30)20-11-8-16(25)13-19(20)26/h3-13,27H,1-2H3. The second-order valence-electron chi connectivity index (χ2n) is 7.01. The van der Waals surface area contributed by atoms with Gasteiger partial charge < -0.3 is 10.1 Å². The van der Waals surface area contributed by atoms with E-state index in [1.54, 1.807) is 30.3 Å². The summed E-state index contributed by atoms with van der Waals surface area (Å²) in [6, 6.07) is 16.6. The van der Waals surface area contributed by atoms with Gasteiger partial charge in [0.05, 0.1) is 18.4 Å². The molecule has 31 heavy (non-hydrogen) atoms. The zero-order valence-electron chi connectivity index (χ0n) is 16.8. The monoisotopic (exact) mass is 420 g/mol. The van der Waals surface area contributed by atoms with E-state index in [2.05, 4.69) is 5.32 Å². The quantitative estimate of drug-likeness (QED) is 0.609. The van der Waals surface area contributed by atoms with Crippen LogP contribution in [0.2, 0.25) is 0 Å². The Bertz CT molecular complexity index is 1220. The number of nitrogens with zero attached hydrogens (tertiary/aromatic N) is 1. The Balaban J connectivity index is 1.83. The molecular formula is C24H18F2N2O3. The van der Waals surface area contributed by atoms with Crippen molar-refractivity contribution < 1.29 is 23.1 Å². The molecule has 3 aromatic carbocycles. The zero-order valence-corrected chi connectivity index (χ0v) is 16.8. The minimum atomic E-state index is -1.01. The van der Waals surface area contributed by atoms with E-state index in [-0.39, 0.29) is 17.0 Å². The van der Waals surface area contributed by atoms with E-state index in [0.29, 0.717) is 28.0 Å². The molecule has 0 unspecified atom stereocenters. The lowest BCUT2D eigenvalue weighted by molar-refractivity contribution is -0.120. The second kappa shape index (κ2) is 8.02. The lowest BCUT2D eigenvalue weighted by Crippen LogP contribution is -2.33. The second-order valence-corrected chi connectivity index (χ2v) is 7.01. The normalized spacial score (nSPS) is 13.7. The number of benzene rings is 3. The van der Waals surface area contributed by atoms with Gasteiger partial charge in [-0.15, -0.1) is 0 Å². The molecule has 4 rings (SSSR count). The van der Waals surface area contributed by atoms with Gasteiger partial charge in [0.1, 0.15) is 23.1 Å². The number of hydrogen-bond acceptors (Lipinski definition) is 4. The van der Waals surface area contributed by atoms with Gasteiger partial charge in [0.15, 0.2) is 0 Å². The van der Waals surface area contributed by atoms with Gasteiger partial charge in [0, 0.05) is 11.8 Å². The van der Waals surface area contributed by atoms with E-state index in [9.17, 15) is 18.4 Å². The van der Waals surface area contributed by atoms with Crippen molar-refractivity contribution in [2.75, 3.05) is 17.3 Å². The number of hydrogen-bond donors (Lipinski definition) is 1. The van der Waals surface area contributed by atoms with Crippen LogP contribution in [0.15, 0.2) is 72.4 Å². The van der Waals surface area contributed by atoms with Crippen LogP contribution in [-0.2, 0) is 9.59 Å². The molecule has 1 aliphatic rings. The summed E-state index contributed by atoms with van der Waals surface area (Å²) in [5.74, 6) is -2.68. The topological polar surface area (TPSA) is 58.6 Å². The predicted octanol–water partition coefficient (Wildman–Crippen LogP) is 4.68. The molecule has 0 bridgehead atoms. The van der Waals surface area contributed by atoms with Crippen LogP contribution >= 0.6 is 0 Å². The summed E-state index contributed by atoms with van der Waals surface area (Å²) < 4.78 is 33.0. The Morgan fingerprint density at radius 3 is 2.29 bits per heavy atom. The Kier molecular flexibility index (Phi) is 5.25. The fourth-order valence-corrected chi connectivity index (χ4v) is 3.42. The number of methoxy groups -OCH3 is 1. The van der Waals surface area contributed by atoms with Crippen LogP contribution in [-0.4, -0.2) is 18.9 Å². The third-order valence-electron chi connectivity index (χ3n) is 4.90. The van der Waals surface area contributed by atoms with E-state index in [1.165, 1.54) is 7.11 Å². The van der Waals surface area contributed by atoms with Gasteiger partial charge in [-0.1, -0.05) is 24.3 Å². The van der Waals surface area contributed by atoms with E-state index < -0.39 is 23.4 Å². The average molecular weight is 420 g/mol. The van der Waals surface area contributed by atoms with Gasteiger partial charge in [0.25, 0.3) is 11.8 Å². The van der Waals surface area contributed by atoms with Crippen molar-refractivity contribution in [2.24, 2.45) is 0 Å². The number of halogens is 2. The highest BCUT2D eigenvalue weighted by Crippen LogP contribution is 2.35. The molecular weight excluding hydrogens is 402 g/mol. The number of aryl methyl sites for hydroxylation is 1. The van der Waals surface area contributed by atoms with Gasteiger partial charge >= 0.3 is 0 Å². The summed E-state index contributed by atoms with van der Waals surface area (Å²) in [7, 11) is 1.52. The first-order chi connectivity index (χ1) is 14.9. The molecule has 1 aliphatic heterocycles. The Morgan fingerprint density at radius 1 is 0.903 bits per heavy atom. The van der Waals surface area contributed by atoms with Gasteiger partial charge in [-0.2, -0.15) is 0 Å². The summed E-state index contributed by atoms with van der Waals surface area (Å²) in [4.78, 5) is 27.3. The molecule has 5 nitrogen and oxygen atoms in total. The first kappa shape index (κ1) is 20.3. The van der Waals surface area contributed by atoms with Gasteiger partial charge in [-0.3, -0.25) is 9.59 Å². The summed E-state index contributed by atoms with van der Waals surface area (Å²) >= 11 is 0. The average Bonchev–Trinajstić information content (AvgIpc) is 2.98. The molecule has 1 N–H and O–H groups in total. The van der Waals surface area contributed by atoms with E-state index >= 15 is 0 Å². The van der Waals surface area contributed by atoms with Crippen LogP contribution in [0.1, 0.15) is 11.1 Å². The molecule has 0 atom stereocenters. The maximum absolute atomic E-state index is 14.4. The van der Waals surface area contributed by atoms with Crippen molar-refractivity contribution in [3.8, 4) is 5.75 Å². The molecule has 3 aromatic rings. The van der Waals surface area contributed by atoms with Crippen LogP contribution in [0.5, 0.6) is 5.75 Å². The lowest BCUT2D eigenvalue weighted by atomic mass is 10.0. The number of amides is 2. The Morgan fingerprint density at radius 2 is 1.65 bits per heavy atom. The number of ether oxygens (including phenoxy) is 1. The van der Waals surface area contributed by atoms with Crippen LogP contribution < -0.4 is 15.0 Å². The third-order valence-corrected chi connectivity index (χ3v) is 4.90. The van der Waals surface area contributed by atoms with Gasteiger partial charge in [-0.25, -0.2) is 13.7 Å². The first-order valence-corrected chi connectivity index (χ1v) is 9.45. The third kappa shape index (κ3) is 3.77. The molecule has 0 saturated heterocycles. The van der Waals surface area contributed by atoms with Crippen LogP contribution in [0.3, 0.4) is 0 Å². The van der Waals surface area contributed by atoms with E-state index in [0.717, 1.165) is 17.7 Å². The fourth-order valence-electron chi connectivity index (χ4n) is 3.42. The van der Waals surface area contributed by atoms with Crippen molar-refractivity contribution in [2.45, 2.75) is 6.92 Å². The number of carbonyl (C=O) groups is 2. The van der Waals surface area contributed by atoms with E-state index in [4.69, 9.17) is 4.74 Å². The van der Waals surface area contributed by atoms with Gasteiger partial charge in [-0.05, 0) is 54.4 Å².